The average Bonchev–Trinajstić information content (AvgIpc) is 2.59. The van der Waals surface area contributed by atoms with Gasteiger partial charge in [0.2, 0.25) is 5.78 Å². The standard InChI is InChI=1S/C19H11N2O/c22-19(18-8-9-20-12-21-18)16-7-3-6-15-10-13-4-1-2-5-14(13)11-17(15)16/h1-11H. The summed E-state index contributed by atoms with van der Waals surface area (Å²) in [5.41, 5.74) is 1.01. The minimum atomic E-state index is -0.112. The van der Waals surface area contributed by atoms with E-state index in [1.54, 1.807) is 6.07 Å². The number of hydrogen-bond donors (Lipinski definition) is 0. The highest BCUT2D eigenvalue weighted by Crippen LogP contribution is 2.26. The fourth-order valence-electron chi connectivity index (χ4n) is 2.69. The molecule has 3 aromatic carbocycles. The van der Waals surface area contributed by atoms with Gasteiger partial charge in [-0.05, 0) is 39.7 Å². The van der Waals surface area contributed by atoms with Crippen LogP contribution in [0.3, 0.4) is 0 Å². The first-order valence-corrected chi connectivity index (χ1v) is 6.98. The lowest BCUT2D eigenvalue weighted by Gasteiger charge is -2.07. The Morgan fingerprint density at radius 1 is 0.864 bits per heavy atom. The zero-order chi connectivity index (χ0) is 14.9. The third kappa shape index (κ3) is 2.04. The van der Waals surface area contributed by atoms with Crippen LogP contribution in [0.15, 0.2) is 66.9 Å². The number of benzene rings is 3. The summed E-state index contributed by atoms with van der Waals surface area (Å²) in [6.07, 6.45) is 4.00. The summed E-state index contributed by atoms with van der Waals surface area (Å²) in [5, 5.41) is 4.26. The van der Waals surface area contributed by atoms with E-state index in [2.05, 4.69) is 40.6 Å². The second-order valence-corrected chi connectivity index (χ2v) is 5.10. The second-order valence-electron chi connectivity index (χ2n) is 5.10. The van der Waals surface area contributed by atoms with Gasteiger partial charge in [0, 0.05) is 11.8 Å². The molecule has 0 saturated carbocycles. The Hall–Kier alpha value is -3.07. The largest absolute Gasteiger partial charge is 0.287 e. The van der Waals surface area contributed by atoms with Gasteiger partial charge >= 0.3 is 0 Å². The molecule has 0 saturated heterocycles. The predicted octanol–water partition coefficient (Wildman–Crippen LogP) is 3.81. The summed E-state index contributed by atoms with van der Waals surface area (Å²) in [6, 6.07) is 19.7. The highest BCUT2D eigenvalue weighted by Gasteiger charge is 2.14. The Bertz CT molecular complexity index is 994. The van der Waals surface area contributed by atoms with Crippen molar-refractivity contribution in [1.82, 2.24) is 9.97 Å². The number of ketones is 1. The molecular weight excluding hydrogens is 272 g/mol. The highest BCUT2D eigenvalue weighted by atomic mass is 16.1. The van der Waals surface area contributed by atoms with Gasteiger partial charge in [0.15, 0.2) is 6.33 Å². The summed E-state index contributed by atoms with van der Waals surface area (Å²) in [5.74, 6) is -0.112. The monoisotopic (exact) mass is 283 g/mol. The lowest BCUT2D eigenvalue weighted by molar-refractivity contribution is 0.103. The quantitative estimate of drug-likeness (QED) is 0.415. The third-order valence-electron chi connectivity index (χ3n) is 3.76. The van der Waals surface area contributed by atoms with Crippen molar-refractivity contribution in [2.75, 3.05) is 0 Å². The van der Waals surface area contributed by atoms with Crippen molar-refractivity contribution in [3.05, 3.63) is 84.4 Å². The third-order valence-corrected chi connectivity index (χ3v) is 3.76. The first-order chi connectivity index (χ1) is 10.8. The molecule has 3 heteroatoms. The summed E-state index contributed by atoms with van der Waals surface area (Å²) in [6.45, 7) is 0. The number of nitrogens with zero attached hydrogens (tertiary/aromatic N) is 2. The van der Waals surface area contributed by atoms with E-state index in [0.717, 1.165) is 21.5 Å². The zero-order valence-electron chi connectivity index (χ0n) is 11.7. The van der Waals surface area contributed by atoms with Gasteiger partial charge in [-0.1, -0.05) is 42.5 Å². The van der Waals surface area contributed by atoms with Crippen LogP contribution < -0.4 is 0 Å². The molecule has 0 fully saturated rings. The lowest BCUT2D eigenvalue weighted by Crippen LogP contribution is -2.04. The molecule has 0 bridgehead atoms. The maximum absolute atomic E-state index is 12.7. The van der Waals surface area contributed by atoms with Crippen LogP contribution in [0, 0.1) is 6.33 Å². The first kappa shape index (κ1) is 12.7. The van der Waals surface area contributed by atoms with Crippen molar-refractivity contribution in [1.29, 1.82) is 0 Å². The van der Waals surface area contributed by atoms with Crippen LogP contribution in [-0.2, 0) is 0 Å². The van der Waals surface area contributed by atoms with E-state index in [0.29, 0.717) is 11.3 Å². The van der Waals surface area contributed by atoms with Gasteiger partial charge in [0.05, 0.1) is 0 Å². The van der Waals surface area contributed by atoms with Crippen LogP contribution in [0.5, 0.6) is 0 Å². The number of rotatable bonds is 2. The van der Waals surface area contributed by atoms with Crippen molar-refractivity contribution in [2.24, 2.45) is 0 Å². The fourth-order valence-corrected chi connectivity index (χ4v) is 2.69. The number of hydrogen-bond acceptors (Lipinski definition) is 3. The van der Waals surface area contributed by atoms with Crippen molar-refractivity contribution >= 4 is 27.3 Å². The van der Waals surface area contributed by atoms with Crippen LogP contribution in [0.1, 0.15) is 16.1 Å². The smallest absolute Gasteiger partial charge is 0.212 e. The van der Waals surface area contributed by atoms with Crippen LogP contribution in [-0.4, -0.2) is 15.8 Å². The molecule has 1 heterocycles. The summed E-state index contributed by atoms with van der Waals surface area (Å²) in [4.78, 5) is 20.4. The van der Waals surface area contributed by atoms with Crippen LogP contribution in [0.4, 0.5) is 0 Å². The highest BCUT2D eigenvalue weighted by molar-refractivity contribution is 6.17. The van der Waals surface area contributed by atoms with Gasteiger partial charge in [0.25, 0.3) is 0 Å². The fraction of sp³-hybridized carbons (Fsp3) is 0. The zero-order valence-corrected chi connectivity index (χ0v) is 11.7. The van der Waals surface area contributed by atoms with E-state index in [4.69, 9.17) is 0 Å². The Labute approximate surface area is 127 Å². The topological polar surface area (TPSA) is 42.9 Å². The summed E-state index contributed by atoms with van der Waals surface area (Å²) in [7, 11) is 0. The van der Waals surface area contributed by atoms with Crippen LogP contribution in [0.2, 0.25) is 0 Å². The molecule has 4 rings (SSSR count). The SMILES string of the molecule is O=C(c1ccn[c]n1)c1cccc2cc3ccccc3cc12. The predicted molar refractivity (Wildman–Crippen MR) is 85.8 cm³/mol. The first-order valence-electron chi connectivity index (χ1n) is 6.98. The van der Waals surface area contributed by atoms with Gasteiger partial charge < -0.3 is 0 Å². The van der Waals surface area contributed by atoms with Crippen molar-refractivity contribution < 1.29 is 4.79 Å². The molecule has 103 valence electrons. The molecule has 0 aliphatic rings. The van der Waals surface area contributed by atoms with Crippen molar-refractivity contribution in [3.8, 4) is 0 Å². The minimum Gasteiger partial charge on any atom is -0.287 e. The molecule has 4 aromatic rings. The normalized spacial score (nSPS) is 10.9. The maximum atomic E-state index is 12.7. The van der Waals surface area contributed by atoms with Gasteiger partial charge in [-0.25, -0.2) is 9.97 Å². The molecule has 0 spiro atoms. The molecule has 3 nitrogen and oxygen atoms in total. The maximum Gasteiger partial charge on any atom is 0.212 e. The Balaban J connectivity index is 1.98. The van der Waals surface area contributed by atoms with Crippen molar-refractivity contribution in [2.45, 2.75) is 0 Å². The molecule has 0 N–H and O–H groups in total. The minimum absolute atomic E-state index is 0.112. The molecule has 1 radical (unpaired) electrons. The molecule has 0 amide bonds. The van der Waals surface area contributed by atoms with Crippen LogP contribution >= 0.6 is 0 Å². The number of fused-ring (bicyclic) bond motifs is 2. The van der Waals surface area contributed by atoms with Gasteiger partial charge in [-0.15, -0.1) is 0 Å². The van der Waals surface area contributed by atoms with Gasteiger partial charge in [-0.2, -0.15) is 0 Å². The van der Waals surface area contributed by atoms with Gasteiger partial charge in [-0.3, -0.25) is 4.79 Å². The Kier molecular flexibility index (Phi) is 2.90. The van der Waals surface area contributed by atoms with Crippen molar-refractivity contribution in [3.63, 3.8) is 0 Å². The average molecular weight is 283 g/mol. The summed E-state index contributed by atoms with van der Waals surface area (Å²) >= 11 is 0. The molecule has 0 aliphatic carbocycles. The van der Waals surface area contributed by atoms with E-state index >= 15 is 0 Å². The molecule has 22 heavy (non-hydrogen) atoms. The number of carbonyl (C=O) groups excluding carboxylic acids is 1. The molecular formula is C19H11N2O. The van der Waals surface area contributed by atoms with E-state index < -0.39 is 0 Å². The molecule has 0 atom stereocenters. The van der Waals surface area contributed by atoms with E-state index in [1.165, 1.54) is 6.20 Å². The summed E-state index contributed by atoms with van der Waals surface area (Å²) < 4.78 is 0. The number of aromatic nitrogens is 2. The van der Waals surface area contributed by atoms with E-state index in [9.17, 15) is 4.79 Å². The Morgan fingerprint density at radius 2 is 1.64 bits per heavy atom. The molecule has 0 aliphatic heterocycles. The second kappa shape index (κ2) is 5.04. The van der Waals surface area contributed by atoms with E-state index in [-0.39, 0.29) is 5.78 Å². The molecule has 1 aromatic heterocycles. The van der Waals surface area contributed by atoms with E-state index in [1.807, 2.05) is 30.3 Å². The Morgan fingerprint density at radius 3 is 2.41 bits per heavy atom. The molecule has 0 unspecified atom stereocenters. The number of carbonyl (C=O) groups is 1. The lowest BCUT2D eigenvalue weighted by atomic mass is 9.96. The van der Waals surface area contributed by atoms with Crippen LogP contribution in [0.25, 0.3) is 21.5 Å². The van der Waals surface area contributed by atoms with Gasteiger partial charge in [0.1, 0.15) is 5.69 Å².